The predicted molar refractivity (Wildman–Crippen MR) is 117 cm³/mol. The Kier molecular flexibility index (Phi) is 7.48. The van der Waals surface area contributed by atoms with Crippen LogP contribution >= 0.6 is 24.8 Å². The first-order valence-corrected chi connectivity index (χ1v) is 9.60. The number of amides is 1. The normalized spacial score (nSPS) is 16.1. The summed E-state index contributed by atoms with van der Waals surface area (Å²) >= 11 is 0. The van der Waals surface area contributed by atoms with E-state index in [2.05, 4.69) is 20.6 Å². The molecule has 160 valence electrons. The zero-order valence-corrected chi connectivity index (χ0v) is 18.1. The molecule has 8 nitrogen and oxygen atoms in total. The fraction of sp³-hybridized carbons (Fsp3) is 0.579. The first-order chi connectivity index (χ1) is 12.9. The smallest absolute Gasteiger partial charge is 0.330 e. The molecular formula is C19H27Cl2N5O3. The summed E-state index contributed by atoms with van der Waals surface area (Å²) in [5, 5.41) is 6.31. The molecule has 1 aliphatic heterocycles. The maximum atomic E-state index is 12.9. The second kappa shape index (κ2) is 9.28. The van der Waals surface area contributed by atoms with E-state index in [0.717, 1.165) is 31.6 Å². The van der Waals surface area contributed by atoms with Crippen LogP contribution in [0.25, 0.3) is 11.0 Å². The van der Waals surface area contributed by atoms with Crippen molar-refractivity contribution in [2.75, 3.05) is 19.6 Å². The molecule has 2 fully saturated rings. The summed E-state index contributed by atoms with van der Waals surface area (Å²) in [5.41, 5.74) is 0.388. The quantitative estimate of drug-likeness (QED) is 0.625. The van der Waals surface area contributed by atoms with Gasteiger partial charge in [-0.05, 0) is 24.8 Å². The zero-order chi connectivity index (χ0) is 19.1. The largest absolute Gasteiger partial charge is 0.352 e. The van der Waals surface area contributed by atoms with Crippen LogP contribution in [0.2, 0.25) is 0 Å². The first-order valence-electron chi connectivity index (χ1n) is 9.60. The molecule has 4 rings (SSSR count). The van der Waals surface area contributed by atoms with Crippen LogP contribution in [0.4, 0.5) is 0 Å². The lowest BCUT2D eigenvalue weighted by Crippen LogP contribution is -2.48. The van der Waals surface area contributed by atoms with Gasteiger partial charge in [-0.1, -0.05) is 13.8 Å². The Morgan fingerprint density at radius 2 is 1.97 bits per heavy atom. The number of pyridine rings is 1. The van der Waals surface area contributed by atoms with E-state index in [1.54, 1.807) is 6.07 Å². The van der Waals surface area contributed by atoms with E-state index in [4.69, 9.17) is 0 Å². The Bertz CT molecular complexity index is 1010. The van der Waals surface area contributed by atoms with Gasteiger partial charge in [0.1, 0.15) is 0 Å². The van der Waals surface area contributed by atoms with Crippen molar-refractivity contribution in [1.82, 2.24) is 25.2 Å². The number of hydrogen-bond donors (Lipinski definition) is 3. The zero-order valence-electron chi connectivity index (χ0n) is 16.5. The van der Waals surface area contributed by atoms with Crippen LogP contribution in [-0.2, 0) is 6.54 Å². The molecule has 1 amide bonds. The Morgan fingerprint density at radius 1 is 1.28 bits per heavy atom. The van der Waals surface area contributed by atoms with Gasteiger partial charge in [-0.2, -0.15) is 0 Å². The fourth-order valence-electron chi connectivity index (χ4n) is 3.42. The summed E-state index contributed by atoms with van der Waals surface area (Å²) < 4.78 is 1.49. The summed E-state index contributed by atoms with van der Waals surface area (Å²) in [7, 11) is 0. The van der Waals surface area contributed by atoms with Crippen LogP contribution in [0, 0.1) is 11.8 Å². The molecular weight excluding hydrogens is 417 g/mol. The molecule has 29 heavy (non-hydrogen) atoms. The highest BCUT2D eigenvalue weighted by Crippen LogP contribution is 2.39. The van der Waals surface area contributed by atoms with Crippen LogP contribution in [0.1, 0.15) is 48.7 Å². The van der Waals surface area contributed by atoms with Gasteiger partial charge in [0.15, 0.2) is 5.65 Å². The van der Waals surface area contributed by atoms with Crippen molar-refractivity contribution < 1.29 is 4.79 Å². The standard InChI is InChI=1S/C19H25N5O3.2ClH/c1-10(2)9-24-16-15(18(26)23-19(24)27)13(5-14(22-16)12-3-4-12)17(25)21-8-11-6-20-7-11;;/h5,10-12,20H,3-4,6-9H2,1-2H3,(H,21,25)(H,23,26,27);2*1H. The van der Waals surface area contributed by atoms with Crippen LogP contribution in [0.3, 0.4) is 0 Å². The molecule has 3 heterocycles. The fourth-order valence-corrected chi connectivity index (χ4v) is 3.42. The molecule has 0 aromatic carbocycles. The van der Waals surface area contributed by atoms with Gasteiger partial charge < -0.3 is 10.6 Å². The van der Waals surface area contributed by atoms with Gasteiger partial charge in [0, 0.05) is 43.7 Å². The lowest BCUT2D eigenvalue weighted by Gasteiger charge is -2.27. The lowest BCUT2D eigenvalue weighted by atomic mass is 10.0. The lowest BCUT2D eigenvalue weighted by molar-refractivity contribution is 0.0943. The minimum absolute atomic E-state index is 0. The molecule has 0 spiro atoms. The Hall–Kier alpha value is -1.90. The highest BCUT2D eigenvalue weighted by atomic mass is 35.5. The van der Waals surface area contributed by atoms with Crippen molar-refractivity contribution >= 4 is 41.8 Å². The van der Waals surface area contributed by atoms with E-state index in [-0.39, 0.29) is 42.0 Å². The number of carbonyl (C=O) groups excluding carboxylic acids is 1. The van der Waals surface area contributed by atoms with Gasteiger partial charge in [-0.25, -0.2) is 9.78 Å². The van der Waals surface area contributed by atoms with Gasteiger partial charge in [-0.3, -0.25) is 19.1 Å². The number of H-pyrrole nitrogens is 1. The molecule has 1 saturated heterocycles. The topological polar surface area (TPSA) is 109 Å². The minimum atomic E-state index is -0.555. The van der Waals surface area contributed by atoms with Crippen molar-refractivity contribution in [2.45, 2.75) is 39.2 Å². The number of nitrogens with one attached hydrogen (secondary N) is 3. The van der Waals surface area contributed by atoms with Crippen LogP contribution in [0.15, 0.2) is 15.7 Å². The third-order valence-electron chi connectivity index (χ3n) is 5.17. The summed E-state index contributed by atoms with van der Waals surface area (Å²) in [4.78, 5) is 44.8. The van der Waals surface area contributed by atoms with Crippen molar-refractivity contribution in [2.24, 2.45) is 11.8 Å². The molecule has 1 saturated carbocycles. The Balaban J connectivity index is 0.00000150. The van der Waals surface area contributed by atoms with E-state index in [1.165, 1.54) is 4.57 Å². The molecule has 2 aromatic rings. The third kappa shape index (κ3) is 4.82. The second-order valence-electron chi connectivity index (χ2n) is 8.07. The summed E-state index contributed by atoms with van der Waals surface area (Å²) in [5.74, 6) is 0.643. The average molecular weight is 444 g/mol. The summed E-state index contributed by atoms with van der Waals surface area (Å²) in [6, 6.07) is 1.73. The van der Waals surface area contributed by atoms with Crippen LogP contribution in [-0.4, -0.2) is 40.1 Å². The summed E-state index contributed by atoms with van der Waals surface area (Å²) in [6.45, 7) is 6.77. The van der Waals surface area contributed by atoms with Crippen molar-refractivity contribution in [3.8, 4) is 0 Å². The van der Waals surface area contributed by atoms with E-state index in [1.807, 2.05) is 13.8 Å². The number of aromatic nitrogens is 3. The molecule has 1 aliphatic carbocycles. The number of carbonyl (C=O) groups is 1. The molecule has 0 radical (unpaired) electrons. The molecule has 10 heteroatoms. The molecule has 3 N–H and O–H groups in total. The van der Waals surface area contributed by atoms with E-state index in [9.17, 15) is 14.4 Å². The monoisotopic (exact) mass is 443 g/mol. The second-order valence-corrected chi connectivity index (χ2v) is 8.07. The average Bonchev–Trinajstić information content (AvgIpc) is 3.40. The number of hydrogen-bond acceptors (Lipinski definition) is 5. The first kappa shape index (κ1) is 23.4. The highest BCUT2D eigenvalue weighted by molar-refractivity contribution is 6.05. The van der Waals surface area contributed by atoms with Gasteiger partial charge in [-0.15, -0.1) is 24.8 Å². The van der Waals surface area contributed by atoms with Crippen molar-refractivity contribution in [3.05, 3.63) is 38.2 Å². The van der Waals surface area contributed by atoms with Gasteiger partial charge >= 0.3 is 5.69 Å². The third-order valence-corrected chi connectivity index (χ3v) is 5.17. The van der Waals surface area contributed by atoms with E-state index < -0.39 is 11.2 Å². The Labute approximate surface area is 180 Å². The van der Waals surface area contributed by atoms with Crippen LogP contribution in [0.5, 0.6) is 0 Å². The number of rotatable bonds is 6. The molecule has 0 unspecified atom stereocenters. The van der Waals surface area contributed by atoms with E-state index in [0.29, 0.717) is 36.1 Å². The SMILES string of the molecule is CC(C)Cn1c(=O)[nH]c(=O)c2c(C(=O)NCC3CNC3)cc(C3CC3)nc21.Cl.Cl. The molecule has 2 aromatic heterocycles. The van der Waals surface area contributed by atoms with Crippen molar-refractivity contribution in [1.29, 1.82) is 0 Å². The number of fused-ring (bicyclic) bond motifs is 1. The van der Waals surface area contributed by atoms with Gasteiger partial charge in [0.25, 0.3) is 11.5 Å². The molecule has 0 bridgehead atoms. The highest BCUT2D eigenvalue weighted by Gasteiger charge is 2.29. The maximum Gasteiger partial charge on any atom is 0.330 e. The minimum Gasteiger partial charge on any atom is -0.352 e. The van der Waals surface area contributed by atoms with Crippen LogP contribution < -0.4 is 21.9 Å². The van der Waals surface area contributed by atoms with Crippen molar-refractivity contribution in [3.63, 3.8) is 0 Å². The van der Waals surface area contributed by atoms with Gasteiger partial charge in [0.2, 0.25) is 0 Å². The summed E-state index contributed by atoms with van der Waals surface area (Å²) in [6.07, 6.45) is 2.04. The number of aromatic amines is 1. The molecule has 2 aliphatic rings. The Morgan fingerprint density at radius 3 is 2.52 bits per heavy atom. The molecule has 0 atom stereocenters. The van der Waals surface area contributed by atoms with Gasteiger partial charge in [0.05, 0.1) is 10.9 Å². The predicted octanol–water partition coefficient (Wildman–Crippen LogP) is 1.41. The number of nitrogens with zero attached hydrogens (tertiary/aromatic N) is 2. The van der Waals surface area contributed by atoms with E-state index >= 15 is 0 Å². The number of halogens is 2. The maximum absolute atomic E-state index is 12.9.